The van der Waals surface area contributed by atoms with E-state index in [0.29, 0.717) is 29.3 Å². The fourth-order valence-corrected chi connectivity index (χ4v) is 4.68. The number of fused-ring (bicyclic) bond motifs is 1. The lowest BCUT2D eigenvalue weighted by atomic mass is 9.99. The van der Waals surface area contributed by atoms with Crippen LogP contribution in [0.15, 0.2) is 63.9 Å². The number of H-pyrrole nitrogens is 1. The normalized spacial score (nSPS) is 16.7. The van der Waals surface area contributed by atoms with Crippen molar-refractivity contribution in [1.82, 2.24) is 10.1 Å². The molecule has 1 aliphatic rings. The number of halogens is 1. The van der Waals surface area contributed by atoms with Crippen molar-refractivity contribution < 1.29 is 13.7 Å². The van der Waals surface area contributed by atoms with E-state index in [-0.39, 0.29) is 11.3 Å². The Kier molecular flexibility index (Phi) is 5.31. The number of rotatable bonds is 5. The van der Waals surface area contributed by atoms with E-state index in [1.807, 2.05) is 6.07 Å². The predicted molar refractivity (Wildman–Crippen MR) is 122 cm³/mol. The van der Waals surface area contributed by atoms with Gasteiger partial charge in [0.2, 0.25) is 0 Å². The molecule has 1 unspecified atom stereocenters. The lowest BCUT2D eigenvalue weighted by Crippen LogP contribution is -2.23. The van der Waals surface area contributed by atoms with Crippen LogP contribution in [0.3, 0.4) is 0 Å². The van der Waals surface area contributed by atoms with Gasteiger partial charge in [0.1, 0.15) is 5.75 Å². The van der Waals surface area contributed by atoms with Gasteiger partial charge in [-0.3, -0.25) is 9.69 Å². The second kappa shape index (κ2) is 8.28. The summed E-state index contributed by atoms with van der Waals surface area (Å²) in [7, 11) is 0. The van der Waals surface area contributed by atoms with Gasteiger partial charge in [0.05, 0.1) is 5.39 Å². The molecule has 5 nitrogen and oxygen atoms in total. The highest BCUT2D eigenvalue weighted by atomic mass is 19.1. The number of hydrogen-bond donors (Lipinski definition) is 1. The predicted octanol–water partition coefficient (Wildman–Crippen LogP) is 6.01. The van der Waals surface area contributed by atoms with E-state index in [9.17, 15) is 9.18 Å². The highest BCUT2D eigenvalue weighted by Gasteiger charge is 2.26. The van der Waals surface area contributed by atoms with Crippen molar-refractivity contribution in [1.29, 1.82) is 0 Å². The van der Waals surface area contributed by atoms with Gasteiger partial charge in [-0.15, -0.1) is 0 Å². The summed E-state index contributed by atoms with van der Waals surface area (Å²) in [5.41, 5.74) is 4.87. The van der Waals surface area contributed by atoms with Crippen molar-refractivity contribution in [2.45, 2.75) is 39.3 Å². The summed E-state index contributed by atoms with van der Waals surface area (Å²) in [5, 5.41) is 2.71. The van der Waals surface area contributed by atoms with Gasteiger partial charge < -0.3 is 9.26 Å². The van der Waals surface area contributed by atoms with Crippen LogP contribution in [0.2, 0.25) is 0 Å². The van der Waals surface area contributed by atoms with Crippen LogP contribution in [0.4, 0.5) is 4.39 Å². The highest BCUT2D eigenvalue weighted by Crippen LogP contribution is 2.35. The fourth-order valence-electron chi connectivity index (χ4n) is 4.68. The number of aryl methyl sites for hydroxylation is 2. The van der Waals surface area contributed by atoms with Crippen molar-refractivity contribution in [3.8, 4) is 11.5 Å². The first-order valence-corrected chi connectivity index (χ1v) is 10.9. The van der Waals surface area contributed by atoms with Crippen molar-refractivity contribution in [3.63, 3.8) is 0 Å². The molecule has 0 bridgehead atoms. The van der Waals surface area contributed by atoms with E-state index >= 15 is 0 Å². The zero-order valence-corrected chi connectivity index (χ0v) is 18.2. The average molecular weight is 432 g/mol. The van der Waals surface area contributed by atoms with Crippen molar-refractivity contribution in [3.05, 3.63) is 93.0 Å². The van der Waals surface area contributed by atoms with E-state index in [0.717, 1.165) is 24.9 Å². The van der Waals surface area contributed by atoms with Crippen LogP contribution < -0.4 is 10.3 Å². The minimum absolute atomic E-state index is 0.137. The van der Waals surface area contributed by atoms with Crippen LogP contribution in [0.5, 0.6) is 11.5 Å². The van der Waals surface area contributed by atoms with E-state index in [1.54, 1.807) is 30.3 Å². The fraction of sp³-hybridized carbons (Fsp3) is 0.269. The quantitative estimate of drug-likeness (QED) is 0.420. The number of aromatic nitrogens is 1. The van der Waals surface area contributed by atoms with Crippen molar-refractivity contribution in [2.24, 2.45) is 0 Å². The Balaban J connectivity index is 1.32. The van der Waals surface area contributed by atoms with Crippen molar-refractivity contribution in [2.75, 3.05) is 6.54 Å². The van der Waals surface area contributed by atoms with E-state index in [2.05, 4.69) is 42.1 Å². The summed E-state index contributed by atoms with van der Waals surface area (Å²) in [6, 6.07) is 17.0. The monoisotopic (exact) mass is 432 g/mol. The molecule has 164 valence electrons. The molecule has 1 atom stereocenters. The molecule has 4 aromatic rings. The third-order valence-electron chi connectivity index (χ3n) is 6.05. The molecule has 0 aliphatic carbocycles. The maximum Gasteiger partial charge on any atom is 0.287 e. The van der Waals surface area contributed by atoms with Crippen LogP contribution in [0, 0.1) is 19.7 Å². The number of benzene rings is 3. The van der Waals surface area contributed by atoms with Crippen LogP contribution in [0.1, 0.15) is 41.1 Å². The molecule has 1 N–H and O–H groups in total. The zero-order chi connectivity index (χ0) is 22.2. The minimum Gasteiger partial charge on any atom is -0.454 e. The second-order valence-corrected chi connectivity index (χ2v) is 8.61. The second-order valence-electron chi connectivity index (χ2n) is 8.61. The van der Waals surface area contributed by atoms with Crippen molar-refractivity contribution >= 4 is 11.0 Å². The third-order valence-corrected chi connectivity index (χ3v) is 6.05. The largest absolute Gasteiger partial charge is 0.454 e. The van der Waals surface area contributed by atoms with Crippen LogP contribution >= 0.6 is 0 Å². The Hall–Kier alpha value is -3.38. The lowest BCUT2D eigenvalue weighted by molar-refractivity contribution is 0.248. The molecule has 0 radical (unpaired) electrons. The molecule has 5 rings (SSSR count). The molecule has 0 amide bonds. The Morgan fingerprint density at radius 3 is 2.69 bits per heavy atom. The van der Waals surface area contributed by atoms with Gasteiger partial charge in [-0.1, -0.05) is 35.4 Å². The topological polar surface area (TPSA) is 58.5 Å². The maximum atomic E-state index is 14.8. The summed E-state index contributed by atoms with van der Waals surface area (Å²) in [6.07, 6.45) is 2.25. The van der Waals surface area contributed by atoms with E-state index in [1.165, 1.54) is 16.7 Å². The molecule has 0 saturated carbocycles. The number of ether oxygens (including phenoxy) is 1. The third kappa shape index (κ3) is 4.06. The van der Waals surface area contributed by atoms with Crippen LogP contribution in [0.25, 0.3) is 11.0 Å². The first-order chi connectivity index (χ1) is 15.5. The van der Waals surface area contributed by atoms with Crippen LogP contribution in [-0.2, 0) is 6.54 Å². The summed E-state index contributed by atoms with van der Waals surface area (Å²) < 4.78 is 25.6. The van der Waals surface area contributed by atoms with Gasteiger partial charge in [0.15, 0.2) is 17.1 Å². The smallest absolute Gasteiger partial charge is 0.287 e. The molecule has 1 aliphatic heterocycles. The first kappa shape index (κ1) is 20.5. The van der Waals surface area contributed by atoms with Gasteiger partial charge in [-0.2, -0.15) is 5.16 Å². The SMILES string of the molecule is Cc1cc(C)cc(C2CCCN2Cc2ccc(Oc3ccc4c(=O)[nH]oc4c3)c(F)c2)c1. The average Bonchev–Trinajstić information content (AvgIpc) is 3.36. The lowest BCUT2D eigenvalue weighted by Gasteiger charge is -2.25. The minimum atomic E-state index is -0.416. The van der Waals surface area contributed by atoms with Gasteiger partial charge in [-0.05, 0) is 68.6 Å². The molecule has 1 aromatic heterocycles. The summed E-state index contributed by atoms with van der Waals surface area (Å²) in [6.45, 7) is 5.95. The van der Waals surface area contributed by atoms with Gasteiger partial charge in [-0.25, -0.2) is 4.39 Å². The Bertz CT molecular complexity index is 1320. The molecule has 3 aromatic carbocycles. The molecule has 0 spiro atoms. The Morgan fingerprint density at radius 2 is 1.91 bits per heavy atom. The van der Waals surface area contributed by atoms with Gasteiger partial charge in [0.25, 0.3) is 5.56 Å². The number of nitrogens with zero attached hydrogens (tertiary/aromatic N) is 1. The standard InChI is InChI=1S/C26H25FN2O3/c1-16-10-17(2)12-19(11-16)23-4-3-9-29(23)15-18-5-8-24(22(27)13-18)31-20-6-7-21-25(14-20)32-28-26(21)30/h5-8,10-14,23H,3-4,9,15H2,1-2H3,(H,28,30). The molecule has 1 fully saturated rings. The van der Waals surface area contributed by atoms with Gasteiger partial charge >= 0.3 is 0 Å². The number of likely N-dealkylation sites (tertiary alicyclic amines) is 1. The Labute approximate surface area is 185 Å². The number of nitrogens with one attached hydrogen (secondary N) is 1. The van der Waals surface area contributed by atoms with Gasteiger partial charge in [0, 0.05) is 18.7 Å². The molecule has 32 heavy (non-hydrogen) atoms. The number of aromatic amines is 1. The highest BCUT2D eigenvalue weighted by molar-refractivity contribution is 5.77. The molecule has 2 heterocycles. The summed E-state index contributed by atoms with van der Waals surface area (Å²) in [5.74, 6) is 0.125. The first-order valence-electron chi connectivity index (χ1n) is 10.9. The van der Waals surface area contributed by atoms with E-state index in [4.69, 9.17) is 9.26 Å². The molecular weight excluding hydrogens is 407 g/mol. The molecular formula is C26H25FN2O3. The molecule has 6 heteroatoms. The zero-order valence-electron chi connectivity index (χ0n) is 18.2. The molecule has 1 saturated heterocycles. The van der Waals surface area contributed by atoms with E-state index < -0.39 is 5.82 Å². The summed E-state index contributed by atoms with van der Waals surface area (Å²) in [4.78, 5) is 14.0. The Morgan fingerprint density at radius 1 is 1.09 bits per heavy atom. The summed E-state index contributed by atoms with van der Waals surface area (Å²) >= 11 is 0. The maximum absolute atomic E-state index is 14.8. The number of hydrogen-bond acceptors (Lipinski definition) is 4. The van der Waals surface area contributed by atoms with Crippen LogP contribution in [-0.4, -0.2) is 16.6 Å².